The lowest BCUT2D eigenvalue weighted by atomic mass is 9.77. The lowest BCUT2D eigenvalue weighted by Crippen LogP contribution is -2.23. The van der Waals surface area contributed by atoms with Gasteiger partial charge in [-0.15, -0.1) is 11.3 Å². The number of rotatable bonds is 6. The predicted molar refractivity (Wildman–Crippen MR) is 75.8 cm³/mol. The Bertz CT molecular complexity index is 353. The van der Waals surface area contributed by atoms with E-state index in [9.17, 15) is 4.79 Å². The van der Waals surface area contributed by atoms with Crippen LogP contribution in [-0.2, 0) is 11.2 Å². The Morgan fingerprint density at radius 3 is 2.78 bits per heavy atom. The highest BCUT2D eigenvalue weighted by Gasteiger charge is 2.25. The van der Waals surface area contributed by atoms with Crippen LogP contribution in [0.15, 0.2) is 11.7 Å². The maximum Gasteiger partial charge on any atom is 0.141 e. The standard InChI is InChI=1S/C15H23NOS/c1-2-3-4-12-5-7-13(8-6-12)15(17)9-14-10-16-11-18-14/h10-13H,2-9H2,1H3. The van der Waals surface area contributed by atoms with E-state index in [-0.39, 0.29) is 0 Å². The summed E-state index contributed by atoms with van der Waals surface area (Å²) in [6, 6.07) is 0. The fourth-order valence-corrected chi connectivity index (χ4v) is 3.52. The summed E-state index contributed by atoms with van der Waals surface area (Å²) in [4.78, 5) is 17.3. The lowest BCUT2D eigenvalue weighted by molar-refractivity contribution is -0.123. The van der Waals surface area contributed by atoms with Gasteiger partial charge >= 0.3 is 0 Å². The van der Waals surface area contributed by atoms with Gasteiger partial charge in [-0.2, -0.15) is 0 Å². The van der Waals surface area contributed by atoms with Crippen LogP contribution in [0.4, 0.5) is 0 Å². The molecule has 1 aliphatic carbocycles. The van der Waals surface area contributed by atoms with Crippen LogP contribution < -0.4 is 0 Å². The van der Waals surface area contributed by atoms with Crippen molar-refractivity contribution in [3.63, 3.8) is 0 Å². The molecule has 0 aromatic carbocycles. The van der Waals surface area contributed by atoms with E-state index in [0.29, 0.717) is 18.1 Å². The molecule has 1 fully saturated rings. The number of carbonyl (C=O) groups excluding carboxylic acids is 1. The molecule has 1 heterocycles. The van der Waals surface area contributed by atoms with Crippen LogP contribution in [0, 0.1) is 11.8 Å². The van der Waals surface area contributed by atoms with Crippen LogP contribution in [0.3, 0.4) is 0 Å². The zero-order valence-corrected chi connectivity index (χ0v) is 12.0. The average molecular weight is 265 g/mol. The van der Waals surface area contributed by atoms with Gasteiger partial charge in [0.25, 0.3) is 0 Å². The molecule has 100 valence electrons. The van der Waals surface area contributed by atoms with E-state index in [1.165, 1.54) is 32.1 Å². The number of aromatic nitrogens is 1. The molecule has 0 radical (unpaired) electrons. The molecular weight excluding hydrogens is 242 g/mol. The van der Waals surface area contributed by atoms with Gasteiger partial charge < -0.3 is 0 Å². The summed E-state index contributed by atoms with van der Waals surface area (Å²) in [6.07, 6.45) is 11.2. The molecule has 1 aromatic rings. The number of unbranched alkanes of at least 4 members (excludes halogenated alkanes) is 1. The maximum atomic E-state index is 12.2. The van der Waals surface area contributed by atoms with Crippen molar-refractivity contribution < 1.29 is 4.79 Å². The highest BCUT2D eigenvalue weighted by molar-refractivity contribution is 7.09. The number of nitrogens with zero attached hydrogens (tertiary/aromatic N) is 1. The van der Waals surface area contributed by atoms with E-state index in [0.717, 1.165) is 23.6 Å². The lowest BCUT2D eigenvalue weighted by Gasteiger charge is -2.27. The number of carbonyl (C=O) groups is 1. The van der Waals surface area contributed by atoms with Gasteiger partial charge in [0.15, 0.2) is 0 Å². The van der Waals surface area contributed by atoms with Crippen molar-refractivity contribution in [1.82, 2.24) is 4.98 Å². The number of Topliss-reactive ketones (excluding diaryl/α,β-unsaturated/α-hetero) is 1. The van der Waals surface area contributed by atoms with E-state index >= 15 is 0 Å². The van der Waals surface area contributed by atoms with Crippen molar-refractivity contribution in [3.8, 4) is 0 Å². The fraction of sp³-hybridized carbons (Fsp3) is 0.733. The Hall–Kier alpha value is -0.700. The molecule has 0 aliphatic heterocycles. The van der Waals surface area contributed by atoms with E-state index in [1.807, 2.05) is 11.7 Å². The van der Waals surface area contributed by atoms with Crippen LogP contribution in [0.25, 0.3) is 0 Å². The van der Waals surface area contributed by atoms with Gasteiger partial charge in [0.1, 0.15) is 5.78 Å². The van der Waals surface area contributed by atoms with Gasteiger partial charge in [-0.3, -0.25) is 9.78 Å². The molecule has 2 rings (SSSR count). The molecule has 0 amide bonds. The topological polar surface area (TPSA) is 30.0 Å². The summed E-state index contributed by atoms with van der Waals surface area (Å²) in [5, 5.41) is 0. The summed E-state index contributed by atoms with van der Waals surface area (Å²) in [6.45, 7) is 2.25. The van der Waals surface area contributed by atoms with Crippen molar-refractivity contribution >= 4 is 17.1 Å². The third-order valence-corrected chi connectivity index (χ3v) is 4.88. The molecule has 1 aromatic heterocycles. The predicted octanol–water partition coefficient (Wildman–Crippen LogP) is 4.25. The van der Waals surface area contributed by atoms with E-state index < -0.39 is 0 Å². The monoisotopic (exact) mass is 265 g/mol. The van der Waals surface area contributed by atoms with Gasteiger partial charge in [0.05, 0.1) is 5.51 Å². The first-order valence-electron chi connectivity index (χ1n) is 7.19. The summed E-state index contributed by atoms with van der Waals surface area (Å²) in [5.41, 5.74) is 1.81. The molecule has 0 N–H and O–H groups in total. The fourth-order valence-electron chi connectivity index (χ4n) is 2.91. The second kappa shape index (κ2) is 7.03. The van der Waals surface area contributed by atoms with E-state index in [4.69, 9.17) is 0 Å². The molecule has 3 heteroatoms. The van der Waals surface area contributed by atoms with Gasteiger partial charge in [-0.05, 0) is 31.6 Å². The minimum absolute atomic E-state index is 0.324. The van der Waals surface area contributed by atoms with Crippen LogP contribution in [0.5, 0.6) is 0 Å². The van der Waals surface area contributed by atoms with Crippen molar-refractivity contribution in [3.05, 3.63) is 16.6 Å². The van der Waals surface area contributed by atoms with Crippen LogP contribution in [-0.4, -0.2) is 10.8 Å². The summed E-state index contributed by atoms with van der Waals surface area (Å²) in [5.74, 6) is 1.65. The number of ketones is 1. The molecule has 0 bridgehead atoms. The third-order valence-electron chi connectivity index (χ3n) is 4.10. The molecule has 0 spiro atoms. The van der Waals surface area contributed by atoms with Crippen LogP contribution in [0.1, 0.15) is 56.7 Å². The summed E-state index contributed by atoms with van der Waals surface area (Å²) in [7, 11) is 0. The molecule has 0 saturated heterocycles. The van der Waals surface area contributed by atoms with Gasteiger partial charge in [-0.25, -0.2) is 0 Å². The summed E-state index contributed by atoms with van der Waals surface area (Å²) >= 11 is 1.59. The second-order valence-corrected chi connectivity index (χ2v) is 6.44. The Labute approximate surface area is 114 Å². The van der Waals surface area contributed by atoms with Crippen LogP contribution >= 0.6 is 11.3 Å². The van der Waals surface area contributed by atoms with Gasteiger partial charge in [0, 0.05) is 23.4 Å². The minimum Gasteiger partial charge on any atom is -0.299 e. The van der Waals surface area contributed by atoms with Crippen molar-refractivity contribution in [2.45, 2.75) is 58.3 Å². The maximum absolute atomic E-state index is 12.2. The van der Waals surface area contributed by atoms with Crippen molar-refractivity contribution in [2.75, 3.05) is 0 Å². The average Bonchev–Trinajstić information content (AvgIpc) is 2.89. The summed E-state index contributed by atoms with van der Waals surface area (Å²) < 4.78 is 0. The molecular formula is C15H23NOS. The molecule has 0 unspecified atom stereocenters. The second-order valence-electron chi connectivity index (χ2n) is 5.47. The molecule has 1 saturated carbocycles. The number of hydrogen-bond acceptors (Lipinski definition) is 3. The molecule has 0 atom stereocenters. The molecule has 1 aliphatic rings. The third kappa shape index (κ3) is 3.91. The van der Waals surface area contributed by atoms with Crippen LogP contribution in [0.2, 0.25) is 0 Å². The van der Waals surface area contributed by atoms with Gasteiger partial charge in [-0.1, -0.05) is 26.2 Å². The Kier molecular flexibility index (Phi) is 5.36. The number of hydrogen-bond donors (Lipinski definition) is 0. The first-order chi connectivity index (χ1) is 8.79. The Morgan fingerprint density at radius 2 is 2.17 bits per heavy atom. The number of thiazole rings is 1. The highest BCUT2D eigenvalue weighted by atomic mass is 32.1. The zero-order valence-electron chi connectivity index (χ0n) is 11.2. The molecule has 18 heavy (non-hydrogen) atoms. The van der Waals surface area contributed by atoms with Crippen molar-refractivity contribution in [2.24, 2.45) is 11.8 Å². The van der Waals surface area contributed by atoms with E-state index in [2.05, 4.69) is 11.9 Å². The van der Waals surface area contributed by atoms with Crippen molar-refractivity contribution in [1.29, 1.82) is 0 Å². The van der Waals surface area contributed by atoms with Gasteiger partial charge in [0.2, 0.25) is 0 Å². The first-order valence-corrected chi connectivity index (χ1v) is 8.07. The SMILES string of the molecule is CCCCC1CCC(C(=O)Cc2cncs2)CC1. The molecule has 2 nitrogen and oxygen atoms in total. The first kappa shape index (κ1) is 13.7. The van der Waals surface area contributed by atoms with E-state index in [1.54, 1.807) is 11.3 Å². The normalized spacial score (nSPS) is 24.1. The Morgan fingerprint density at radius 1 is 1.39 bits per heavy atom. The highest BCUT2D eigenvalue weighted by Crippen LogP contribution is 2.33. The largest absolute Gasteiger partial charge is 0.299 e. The zero-order chi connectivity index (χ0) is 12.8. The quantitative estimate of drug-likeness (QED) is 0.769. The smallest absolute Gasteiger partial charge is 0.141 e. The Balaban J connectivity index is 1.73. The minimum atomic E-state index is 0.324.